The number of carbonyl (C=O) groups excluding carboxylic acids is 2. The topological polar surface area (TPSA) is 90.0 Å². The summed E-state index contributed by atoms with van der Waals surface area (Å²) in [5.41, 5.74) is 0.833. The Bertz CT molecular complexity index is 1170. The summed E-state index contributed by atoms with van der Waals surface area (Å²) in [6.45, 7) is -0.381. The average molecular weight is 472 g/mol. The molecule has 8 heteroatoms. The molecule has 1 atom stereocenters. The zero-order valence-corrected chi connectivity index (χ0v) is 19.6. The Morgan fingerprint density at radius 1 is 1.03 bits per heavy atom. The van der Waals surface area contributed by atoms with Crippen molar-refractivity contribution in [1.29, 1.82) is 0 Å². The Labute approximate surface area is 194 Å². The fourth-order valence-electron chi connectivity index (χ4n) is 4.78. The summed E-state index contributed by atoms with van der Waals surface area (Å²) in [4.78, 5) is 26.9. The predicted molar refractivity (Wildman–Crippen MR) is 127 cm³/mol. The molecule has 1 saturated heterocycles. The lowest BCUT2D eigenvalue weighted by molar-refractivity contribution is -0.150. The van der Waals surface area contributed by atoms with Crippen LogP contribution in [0.4, 0.5) is 0 Å². The lowest BCUT2D eigenvalue weighted by Gasteiger charge is -2.33. The third-order valence-electron chi connectivity index (χ3n) is 6.43. The summed E-state index contributed by atoms with van der Waals surface area (Å²) in [5.74, 6) is -0.0403. The average Bonchev–Trinajstić information content (AvgIpc) is 3.45. The first kappa shape index (κ1) is 23.3. The maximum atomic E-state index is 12.9. The van der Waals surface area contributed by atoms with Crippen LogP contribution in [0.25, 0.3) is 16.8 Å². The first-order valence-corrected chi connectivity index (χ1v) is 13.1. The molecule has 2 fully saturated rings. The van der Waals surface area contributed by atoms with Gasteiger partial charge in [0.2, 0.25) is 0 Å². The number of hydrogen-bond acceptors (Lipinski definition) is 6. The lowest BCUT2D eigenvalue weighted by atomic mass is 10.1. The molecule has 0 aromatic heterocycles. The van der Waals surface area contributed by atoms with Gasteiger partial charge in [0.25, 0.3) is 5.91 Å². The fourth-order valence-corrected chi connectivity index (χ4v) is 6.49. The molecular weight excluding hydrogens is 442 g/mol. The molecule has 1 amide bonds. The van der Waals surface area contributed by atoms with E-state index in [1.807, 2.05) is 36.4 Å². The van der Waals surface area contributed by atoms with Crippen molar-refractivity contribution in [3.05, 3.63) is 48.0 Å². The first-order valence-electron chi connectivity index (χ1n) is 11.3. The van der Waals surface area contributed by atoms with Crippen molar-refractivity contribution in [2.24, 2.45) is 0 Å². The van der Waals surface area contributed by atoms with E-state index >= 15 is 0 Å². The van der Waals surface area contributed by atoms with Gasteiger partial charge in [-0.05, 0) is 59.9 Å². The highest BCUT2D eigenvalue weighted by Crippen LogP contribution is 2.29. The van der Waals surface area contributed by atoms with E-state index in [-0.39, 0.29) is 36.1 Å². The van der Waals surface area contributed by atoms with Crippen LogP contribution in [0.15, 0.2) is 42.5 Å². The van der Waals surface area contributed by atoms with Gasteiger partial charge >= 0.3 is 5.97 Å². The highest BCUT2D eigenvalue weighted by Gasteiger charge is 2.39. The SMILES string of the molecule is COc1ccc2cc(/C=C/C(=O)OCC(=O)N(C3CCCC3)C3CCS(=O)(=O)C3)ccc2c1. The largest absolute Gasteiger partial charge is 0.497 e. The van der Waals surface area contributed by atoms with Crippen LogP contribution in [0.1, 0.15) is 37.7 Å². The minimum Gasteiger partial charge on any atom is -0.497 e. The van der Waals surface area contributed by atoms with E-state index in [9.17, 15) is 18.0 Å². The summed E-state index contributed by atoms with van der Waals surface area (Å²) in [6.07, 6.45) is 7.18. The van der Waals surface area contributed by atoms with E-state index in [0.29, 0.717) is 6.42 Å². The molecule has 0 spiro atoms. The van der Waals surface area contributed by atoms with Crippen LogP contribution in [0.3, 0.4) is 0 Å². The Balaban J connectivity index is 1.37. The number of methoxy groups -OCH3 is 1. The molecule has 176 valence electrons. The van der Waals surface area contributed by atoms with Crippen molar-refractivity contribution >= 4 is 38.6 Å². The molecule has 0 bridgehead atoms. The number of amides is 1. The van der Waals surface area contributed by atoms with Crippen molar-refractivity contribution in [2.75, 3.05) is 25.2 Å². The van der Waals surface area contributed by atoms with E-state index in [0.717, 1.165) is 47.8 Å². The molecule has 2 aliphatic rings. The monoisotopic (exact) mass is 471 g/mol. The molecule has 1 aliphatic heterocycles. The number of carbonyl (C=O) groups is 2. The molecular formula is C25H29NO6S. The van der Waals surface area contributed by atoms with Crippen molar-refractivity contribution in [3.8, 4) is 5.75 Å². The molecule has 2 aromatic rings. The van der Waals surface area contributed by atoms with E-state index in [2.05, 4.69) is 0 Å². The van der Waals surface area contributed by atoms with Gasteiger partial charge in [0.05, 0.1) is 18.6 Å². The minimum absolute atomic E-state index is 0.00305. The van der Waals surface area contributed by atoms with Crippen LogP contribution in [-0.4, -0.2) is 62.5 Å². The third kappa shape index (κ3) is 5.74. The van der Waals surface area contributed by atoms with Gasteiger partial charge in [0.1, 0.15) is 5.75 Å². The van der Waals surface area contributed by atoms with E-state index in [4.69, 9.17) is 9.47 Å². The molecule has 1 saturated carbocycles. The second-order valence-corrected chi connectivity index (χ2v) is 10.9. The number of nitrogens with zero attached hydrogens (tertiary/aromatic N) is 1. The van der Waals surface area contributed by atoms with Crippen molar-refractivity contribution in [2.45, 2.75) is 44.2 Å². The predicted octanol–water partition coefficient (Wildman–Crippen LogP) is 3.36. The number of ether oxygens (including phenoxy) is 2. The molecule has 0 radical (unpaired) electrons. The summed E-state index contributed by atoms with van der Waals surface area (Å²) in [5, 5.41) is 2.04. The molecule has 1 heterocycles. The molecule has 1 unspecified atom stereocenters. The highest BCUT2D eigenvalue weighted by molar-refractivity contribution is 7.91. The maximum absolute atomic E-state index is 12.9. The summed E-state index contributed by atoms with van der Waals surface area (Å²) in [6, 6.07) is 11.3. The third-order valence-corrected chi connectivity index (χ3v) is 8.18. The van der Waals surface area contributed by atoms with Crippen LogP contribution in [0, 0.1) is 0 Å². The summed E-state index contributed by atoms with van der Waals surface area (Å²) in [7, 11) is -1.49. The second kappa shape index (κ2) is 9.95. The standard InChI is InChI=1S/C25H29NO6S/c1-31-23-10-9-19-14-18(6-8-20(19)15-23)7-11-25(28)32-16-24(27)26(21-4-2-3-5-21)22-12-13-33(29,30)17-22/h6-11,14-15,21-22H,2-5,12-13,16-17H2,1H3/b11-7+. The van der Waals surface area contributed by atoms with Gasteiger partial charge in [-0.3, -0.25) is 4.79 Å². The van der Waals surface area contributed by atoms with Crippen LogP contribution in [-0.2, 0) is 24.2 Å². The van der Waals surface area contributed by atoms with E-state index < -0.39 is 15.8 Å². The number of hydrogen-bond donors (Lipinski definition) is 0. The number of esters is 1. The van der Waals surface area contributed by atoms with Gasteiger partial charge in [0, 0.05) is 18.2 Å². The van der Waals surface area contributed by atoms with Crippen LogP contribution in [0.5, 0.6) is 5.75 Å². The number of fused-ring (bicyclic) bond motifs is 1. The van der Waals surface area contributed by atoms with Crippen molar-refractivity contribution in [1.82, 2.24) is 4.90 Å². The Morgan fingerprint density at radius 3 is 2.45 bits per heavy atom. The Hall–Kier alpha value is -2.87. The zero-order valence-electron chi connectivity index (χ0n) is 18.7. The van der Waals surface area contributed by atoms with Crippen LogP contribution in [0.2, 0.25) is 0 Å². The van der Waals surface area contributed by atoms with Gasteiger partial charge in [-0.15, -0.1) is 0 Å². The van der Waals surface area contributed by atoms with Gasteiger partial charge < -0.3 is 14.4 Å². The van der Waals surface area contributed by atoms with E-state index in [1.54, 1.807) is 18.1 Å². The number of rotatable bonds is 7. The summed E-state index contributed by atoms with van der Waals surface area (Å²) < 4.78 is 34.3. The second-order valence-electron chi connectivity index (χ2n) is 8.71. The van der Waals surface area contributed by atoms with Crippen molar-refractivity contribution in [3.63, 3.8) is 0 Å². The lowest BCUT2D eigenvalue weighted by Crippen LogP contribution is -2.48. The molecule has 0 N–H and O–H groups in total. The van der Waals surface area contributed by atoms with E-state index in [1.165, 1.54) is 6.08 Å². The minimum atomic E-state index is -3.11. The molecule has 7 nitrogen and oxygen atoms in total. The van der Waals surface area contributed by atoms with Gasteiger partial charge in [0.15, 0.2) is 16.4 Å². The van der Waals surface area contributed by atoms with Gasteiger partial charge in [-0.1, -0.05) is 31.0 Å². The maximum Gasteiger partial charge on any atom is 0.331 e. The Morgan fingerprint density at radius 2 is 1.76 bits per heavy atom. The molecule has 4 rings (SSSR count). The first-order chi connectivity index (χ1) is 15.8. The smallest absolute Gasteiger partial charge is 0.331 e. The van der Waals surface area contributed by atoms with Gasteiger partial charge in [-0.25, -0.2) is 13.2 Å². The fraction of sp³-hybridized carbons (Fsp3) is 0.440. The summed E-state index contributed by atoms with van der Waals surface area (Å²) >= 11 is 0. The van der Waals surface area contributed by atoms with Crippen molar-refractivity contribution < 1.29 is 27.5 Å². The Kier molecular flexibility index (Phi) is 7.02. The molecule has 1 aliphatic carbocycles. The molecule has 2 aromatic carbocycles. The number of sulfone groups is 1. The van der Waals surface area contributed by atoms with Crippen LogP contribution >= 0.6 is 0 Å². The molecule has 33 heavy (non-hydrogen) atoms. The zero-order chi connectivity index (χ0) is 23.4. The number of benzene rings is 2. The highest BCUT2D eigenvalue weighted by atomic mass is 32.2. The normalized spacial score (nSPS) is 20.3. The quantitative estimate of drug-likeness (QED) is 0.454. The van der Waals surface area contributed by atoms with Gasteiger partial charge in [-0.2, -0.15) is 0 Å². The van der Waals surface area contributed by atoms with Crippen LogP contribution < -0.4 is 4.74 Å².